The van der Waals surface area contributed by atoms with Gasteiger partial charge in [0.1, 0.15) is 0 Å². The van der Waals surface area contributed by atoms with E-state index in [1.165, 1.54) is 47.0 Å². The number of rotatable bonds is 4. The highest BCUT2D eigenvalue weighted by molar-refractivity contribution is 5.83. The van der Waals surface area contributed by atoms with Crippen molar-refractivity contribution in [1.82, 2.24) is 19.7 Å². The Kier molecular flexibility index (Phi) is 3.59. The van der Waals surface area contributed by atoms with Gasteiger partial charge in [-0.15, -0.1) is 0 Å². The summed E-state index contributed by atoms with van der Waals surface area (Å²) in [4.78, 5) is 2.77. The van der Waals surface area contributed by atoms with Crippen LogP contribution in [0.15, 0.2) is 42.7 Å². The Balaban J connectivity index is 1.44. The molecule has 1 atom stereocenters. The van der Waals surface area contributed by atoms with Crippen LogP contribution in [-0.4, -0.2) is 31.7 Å². The van der Waals surface area contributed by atoms with E-state index in [2.05, 4.69) is 63.2 Å². The molecule has 128 valence electrons. The van der Waals surface area contributed by atoms with Gasteiger partial charge in [0.05, 0.1) is 5.69 Å². The lowest BCUT2D eigenvalue weighted by atomic mass is 9.90. The van der Waals surface area contributed by atoms with Crippen molar-refractivity contribution in [3.63, 3.8) is 0 Å². The Labute approximate surface area is 148 Å². The lowest BCUT2D eigenvalue weighted by Gasteiger charge is -2.35. The SMILES string of the molecule is Cn1ccc2c(CN(C3CC3)C3CCc4nnccc4C3)cccc21. The van der Waals surface area contributed by atoms with E-state index in [4.69, 9.17) is 0 Å². The lowest BCUT2D eigenvalue weighted by molar-refractivity contribution is 0.161. The summed E-state index contributed by atoms with van der Waals surface area (Å²) in [6.45, 7) is 1.06. The highest BCUT2D eigenvalue weighted by atomic mass is 15.2. The predicted octanol–water partition coefficient (Wildman–Crippen LogP) is 3.49. The van der Waals surface area contributed by atoms with E-state index in [0.29, 0.717) is 6.04 Å². The van der Waals surface area contributed by atoms with Crippen LogP contribution < -0.4 is 0 Å². The molecular weight excluding hydrogens is 308 g/mol. The molecule has 2 aliphatic carbocycles. The number of nitrogens with zero attached hydrogens (tertiary/aromatic N) is 4. The second-order valence-corrected chi connectivity index (χ2v) is 7.58. The summed E-state index contributed by atoms with van der Waals surface area (Å²) in [5, 5.41) is 9.78. The average molecular weight is 332 g/mol. The Morgan fingerprint density at radius 3 is 2.92 bits per heavy atom. The van der Waals surface area contributed by atoms with Gasteiger partial charge in [-0.05, 0) is 61.4 Å². The third-order valence-electron chi connectivity index (χ3n) is 5.92. The molecule has 1 unspecified atom stereocenters. The van der Waals surface area contributed by atoms with Crippen molar-refractivity contribution in [2.45, 2.75) is 50.7 Å². The molecule has 0 aliphatic heterocycles. The smallest absolute Gasteiger partial charge is 0.0664 e. The quantitative estimate of drug-likeness (QED) is 0.733. The third kappa shape index (κ3) is 2.74. The number of hydrogen-bond donors (Lipinski definition) is 0. The monoisotopic (exact) mass is 332 g/mol. The van der Waals surface area contributed by atoms with Gasteiger partial charge in [-0.2, -0.15) is 10.2 Å². The molecule has 4 heteroatoms. The summed E-state index contributed by atoms with van der Waals surface area (Å²) >= 11 is 0. The lowest BCUT2D eigenvalue weighted by Crippen LogP contribution is -2.40. The molecule has 4 nitrogen and oxygen atoms in total. The summed E-state index contributed by atoms with van der Waals surface area (Å²) in [6, 6.07) is 12.5. The molecule has 0 amide bonds. The first-order valence-electron chi connectivity index (χ1n) is 9.38. The van der Waals surface area contributed by atoms with Crippen molar-refractivity contribution in [3.8, 4) is 0 Å². The topological polar surface area (TPSA) is 34.0 Å². The van der Waals surface area contributed by atoms with Crippen LogP contribution in [0.25, 0.3) is 10.9 Å². The van der Waals surface area contributed by atoms with Crippen LogP contribution in [0.4, 0.5) is 0 Å². The number of benzene rings is 1. The van der Waals surface area contributed by atoms with Crippen LogP contribution in [0.1, 0.15) is 36.1 Å². The third-order valence-corrected chi connectivity index (χ3v) is 5.92. The highest BCUT2D eigenvalue weighted by Crippen LogP contribution is 2.35. The van der Waals surface area contributed by atoms with E-state index in [9.17, 15) is 0 Å². The molecule has 2 aromatic heterocycles. The van der Waals surface area contributed by atoms with Crippen LogP contribution in [0.3, 0.4) is 0 Å². The fourth-order valence-electron chi connectivity index (χ4n) is 4.39. The van der Waals surface area contributed by atoms with Crippen molar-refractivity contribution < 1.29 is 0 Å². The molecule has 0 spiro atoms. The van der Waals surface area contributed by atoms with Gasteiger partial charge in [0.2, 0.25) is 0 Å². The second-order valence-electron chi connectivity index (χ2n) is 7.58. The van der Waals surface area contributed by atoms with E-state index in [-0.39, 0.29) is 0 Å². The fraction of sp³-hybridized carbons (Fsp3) is 0.429. The summed E-state index contributed by atoms with van der Waals surface area (Å²) < 4.78 is 2.22. The summed E-state index contributed by atoms with van der Waals surface area (Å²) in [7, 11) is 2.13. The molecule has 0 N–H and O–H groups in total. The molecule has 1 saturated carbocycles. The minimum atomic E-state index is 0.628. The van der Waals surface area contributed by atoms with Crippen molar-refractivity contribution in [2.75, 3.05) is 0 Å². The van der Waals surface area contributed by atoms with Crippen LogP contribution in [0, 0.1) is 0 Å². The standard InChI is InChI=1S/C21H24N4/c1-24-12-10-19-16(3-2-4-21(19)24)14-25(17-5-6-17)18-7-8-20-15(13-18)9-11-22-23-20/h2-4,9-12,17-18H,5-8,13-14H2,1H3. The van der Waals surface area contributed by atoms with Gasteiger partial charge in [0, 0.05) is 49.0 Å². The van der Waals surface area contributed by atoms with Gasteiger partial charge in [0.15, 0.2) is 0 Å². The van der Waals surface area contributed by atoms with E-state index in [1.54, 1.807) is 0 Å². The molecule has 1 aromatic carbocycles. The van der Waals surface area contributed by atoms with Crippen LogP contribution in [-0.2, 0) is 26.4 Å². The highest BCUT2D eigenvalue weighted by Gasteiger charge is 2.35. The maximum Gasteiger partial charge on any atom is 0.0664 e. The van der Waals surface area contributed by atoms with Gasteiger partial charge < -0.3 is 4.57 Å². The van der Waals surface area contributed by atoms with Crippen molar-refractivity contribution in [2.24, 2.45) is 7.05 Å². The zero-order valence-corrected chi connectivity index (χ0v) is 14.7. The Morgan fingerprint density at radius 2 is 2.04 bits per heavy atom. The first-order valence-corrected chi connectivity index (χ1v) is 9.38. The molecule has 1 fully saturated rings. The molecule has 0 radical (unpaired) electrons. The molecule has 0 saturated heterocycles. The number of aromatic nitrogens is 3. The maximum absolute atomic E-state index is 4.33. The van der Waals surface area contributed by atoms with Gasteiger partial charge in [0.25, 0.3) is 0 Å². The minimum Gasteiger partial charge on any atom is -0.351 e. The summed E-state index contributed by atoms with van der Waals surface area (Å²) in [5.41, 5.74) is 5.40. The van der Waals surface area contributed by atoms with Gasteiger partial charge >= 0.3 is 0 Å². The number of hydrogen-bond acceptors (Lipinski definition) is 3. The Hall–Kier alpha value is -2.20. The largest absolute Gasteiger partial charge is 0.351 e. The van der Waals surface area contributed by atoms with E-state index in [1.807, 2.05) is 6.20 Å². The van der Waals surface area contributed by atoms with Crippen molar-refractivity contribution >= 4 is 10.9 Å². The first kappa shape index (κ1) is 15.1. The fourth-order valence-corrected chi connectivity index (χ4v) is 4.39. The molecule has 2 heterocycles. The Bertz CT molecular complexity index is 909. The first-order chi connectivity index (χ1) is 12.3. The summed E-state index contributed by atoms with van der Waals surface area (Å²) in [5.74, 6) is 0. The Morgan fingerprint density at radius 1 is 1.12 bits per heavy atom. The molecule has 0 bridgehead atoms. The van der Waals surface area contributed by atoms with Crippen molar-refractivity contribution in [3.05, 3.63) is 59.5 Å². The van der Waals surface area contributed by atoms with Crippen LogP contribution in [0.2, 0.25) is 0 Å². The molecule has 25 heavy (non-hydrogen) atoms. The van der Waals surface area contributed by atoms with Crippen LogP contribution in [0.5, 0.6) is 0 Å². The van der Waals surface area contributed by atoms with Gasteiger partial charge in [-0.1, -0.05) is 12.1 Å². The number of fused-ring (bicyclic) bond motifs is 2. The van der Waals surface area contributed by atoms with E-state index < -0.39 is 0 Å². The zero-order chi connectivity index (χ0) is 16.8. The van der Waals surface area contributed by atoms with Crippen molar-refractivity contribution in [1.29, 1.82) is 0 Å². The maximum atomic E-state index is 4.33. The van der Waals surface area contributed by atoms with Crippen LogP contribution >= 0.6 is 0 Å². The van der Waals surface area contributed by atoms with E-state index >= 15 is 0 Å². The molecule has 3 aromatic rings. The molecule has 5 rings (SSSR count). The zero-order valence-electron chi connectivity index (χ0n) is 14.7. The van der Waals surface area contributed by atoms with Gasteiger partial charge in [-0.25, -0.2) is 0 Å². The number of aryl methyl sites for hydroxylation is 2. The van der Waals surface area contributed by atoms with Gasteiger partial charge in [-0.3, -0.25) is 4.90 Å². The normalized spacial score (nSPS) is 20.2. The predicted molar refractivity (Wildman–Crippen MR) is 99.3 cm³/mol. The average Bonchev–Trinajstić information content (AvgIpc) is 3.42. The molecule has 2 aliphatic rings. The molecular formula is C21H24N4. The second kappa shape index (κ2) is 5.95. The van der Waals surface area contributed by atoms with E-state index in [0.717, 1.165) is 25.4 Å². The summed E-state index contributed by atoms with van der Waals surface area (Å²) in [6.07, 6.45) is 10.1. The minimum absolute atomic E-state index is 0.628.